The number of likely N-dealkylation sites (tertiary alicyclic amines) is 1. The molecule has 0 bridgehead atoms. The first-order valence-electron chi connectivity index (χ1n) is 8.66. The lowest BCUT2D eigenvalue weighted by molar-refractivity contribution is -0.0271. The summed E-state index contributed by atoms with van der Waals surface area (Å²) in [4.78, 5) is 14.0. The zero-order valence-corrected chi connectivity index (χ0v) is 17.4. The van der Waals surface area contributed by atoms with Crippen LogP contribution in [0.2, 0.25) is 18.1 Å². The fraction of sp³-hybridized carbons (Fsp3) is 0.941. The highest BCUT2D eigenvalue weighted by molar-refractivity contribution is 6.74. The van der Waals surface area contributed by atoms with Crippen molar-refractivity contribution in [3.8, 4) is 0 Å². The molecule has 1 unspecified atom stereocenters. The quantitative estimate of drug-likeness (QED) is 0.753. The molecule has 24 heavy (non-hydrogen) atoms. The maximum atomic E-state index is 12.5. The van der Waals surface area contributed by atoms with Gasteiger partial charge in [0.1, 0.15) is 11.7 Å². The van der Waals surface area contributed by atoms with Gasteiger partial charge in [-0.1, -0.05) is 20.8 Å². The van der Waals surface area contributed by atoms with Crippen molar-refractivity contribution in [2.24, 2.45) is 0 Å². The van der Waals surface area contributed by atoms with E-state index in [1.807, 2.05) is 20.8 Å². The molecule has 1 rings (SSSR count). The molecule has 6 nitrogen and oxygen atoms in total. The van der Waals surface area contributed by atoms with Gasteiger partial charge in [0.25, 0.3) is 0 Å². The molecule has 142 valence electrons. The fourth-order valence-corrected chi connectivity index (χ4v) is 3.94. The molecule has 1 aliphatic heterocycles. The monoisotopic (exact) mass is 361 g/mol. The molecule has 0 spiro atoms. The predicted molar refractivity (Wildman–Crippen MR) is 96.5 cm³/mol. The summed E-state index contributed by atoms with van der Waals surface area (Å²) >= 11 is 0. The van der Waals surface area contributed by atoms with Crippen LogP contribution < -0.4 is 0 Å². The third-order valence-corrected chi connectivity index (χ3v) is 9.36. The Hall–Kier alpha value is -0.633. The van der Waals surface area contributed by atoms with Crippen LogP contribution in [0.4, 0.5) is 4.79 Å². The molecule has 1 amide bonds. The normalized spacial score (nSPS) is 24.2. The summed E-state index contributed by atoms with van der Waals surface area (Å²) in [7, 11) is -2.05. The van der Waals surface area contributed by atoms with Crippen molar-refractivity contribution in [2.75, 3.05) is 13.2 Å². The summed E-state index contributed by atoms with van der Waals surface area (Å²) < 4.78 is 11.9. The SMILES string of the molecule is CC(C)(C)OC(=O)N1CC[C@@H](O[Si](C)(C)C(C)(C)C)[C@H]1C(O)CO. The van der Waals surface area contributed by atoms with Crippen LogP contribution in [0.1, 0.15) is 48.0 Å². The van der Waals surface area contributed by atoms with E-state index in [-0.39, 0.29) is 11.1 Å². The number of ether oxygens (including phenoxy) is 1. The summed E-state index contributed by atoms with van der Waals surface area (Å²) in [6.45, 7) is 16.2. The van der Waals surface area contributed by atoms with Crippen LogP contribution in [0.15, 0.2) is 0 Å². The molecule has 0 radical (unpaired) electrons. The van der Waals surface area contributed by atoms with Gasteiger partial charge < -0.3 is 19.4 Å². The van der Waals surface area contributed by atoms with Gasteiger partial charge in [0.05, 0.1) is 18.8 Å². The second-order valence-electron chi connectivity index (χ2n) is 9.12. The van der Waals surface area contributed by atoms with Crippen molar-refractivity contribution >= 4 is 14.4 Å². The van der Waals surface area contributed by atoms with Crippen molar-refractivity contribution in [3.05, 3.63) is 0 Å². The lowest BCUT2D eigenvalue weighted by Gasteiger charge is -2.41. The van der Waals surface area contributed by atoms with Gasteiger partial charge in [0.15, 0.2) is 8.32 Å². The van der Waals surface area contributed by atoms with Crippen molar-refractivity contribution in [3.63, 3.8) is 0 Å². The highest BCUT2D eigenvalue weighted by Gasteiger charge is 2.48. The lowest BCUT2D eigenvalue weighted by atomic mass is 10.1. The van der Waals surface area contributed by atoms with Crippen molar-refractivity contribution in [2.45, 2.75) is 89.9 Å². The maximum Gasteiger partial charge on any atom is 0.410 e. The Kier molecular flexibility index (Phi) is 6.52. The summed E-state index contributed by atoms with van der Waals surface area (Å²) in [5, 5.41) is 19.7. The molecule has 2 N–H and O–H groups in total. The van der Waals surface area contributed by atoms with Gasteiger partial charge in [0, 0.05) is 6.54 Å². The number of aliphatic hydroxyl groups is 2. The second kappa shape index (κ2) is 7.31. The van der Waals surface area contributed by atoms with Gasteiger partial charge in [-0.15, -0.1) is 0 Å². The van der Waals surface area contributed by atoms with E-state index in [4.69, 9.17) is 9.16 Å². The van der Waals surface area contributed by atoms with E-state index >= 15 is 0 Å². The largest absolute Gasteiger partial charge is 0.444 e. The highest BCUT2D eigenvalue weighted by atomic mass is 28.4. The van der Waals surface area contributed by atoms with E-state index in [1.165, 1.54) is 4.90 Å². The van der Waals surface area contributed by atoms with E-state index in [0.717, 1.165) is 0 Å². The summed E-state index contributed by atoms with van der Waals surface area (Å²) in [6, 6.07) is -0.584. The Labute approximate surface area is 147 Å². The van der Waals surface area contributed by atoms with Gasteiger partial charge in [-0.2, -0.15) is 0 Å². The Morgan fingerprint density at radius 2 is 1.79 bits per heavy atom. The molecule has 0 aromatic carbocycles. The molecular formula is C17H35NO5Si. The summed E-state index contributed by atoms with van der Waals surface area (Å²) in [6.07, 6.45) is -1.18. The van der Waals surface area contributed by atoms with E-state index in [1.54, 1.807) is 0 Å². The van der Waals surface area contributed by atoms with Gasteiger partial charge in [-0.05, 0) is 45.3 Å². The predicted octanol–water partition coefficient (Wildman–Crippen LogP) is 2.74. The smallest absolute Gasteiger partial charge is 0.410 e. The summed E-state index contributed by atoms with van der Waals surface area (Å²) in [5.41, 5.74) is -0.607. The Balaban J connectivity index is 2.98. The minimum absolute atomic E-state index is 0.0288. The molecule has 1 heterocycles. The molecule has 7 heteroatoms. The zero-order chi connectivity index (χ0) is 18.9. The van der Waals surface area contributed by atoms with Crippen molar-refractivity contribution < 1.29 is 24.2 Å². The number of carbonyl (C=O) groups excluding carboxylic acids is 1. The van der Waals surface area contributed by atoms with Crippen molar-refractivity contribution in [1.29, 1.82) is 0 Å². The van der Waals surface area contributed by atoms with Gasteiger partial charge in [0.2, 0.25) is 0 Å². The lowest BCUT2D eigenvalue weighted by Crippen LogP contribution is -2.54. The first-order chi connectivity index (χ1) is 10.7. The second-order valence-corrected chi connectivity index (χ2v) is 13.9. The Morgan fingerprint density at radius 1 is 1.25 bits per heavy atom. The standard InChI is InChI=1S/C17H35NO5Si/c1-16(2,3)22-15(21)18-10-9-13(14(18)12(20)11-19)23-24(7,8)17(4,5)6/h12-14,19-20H,9-11H2,1-8H3/t12?,13-,14-/m1/s1. The van der Waals surface area contributed by atoms with Gasteiger partial charge in [-0.3, -0.25) is 4.90 Å². The van der Waals surface area contributed by atoms with Gasteiger partial charge in [-0.25, -0.2) is 4.79 Å². The van der Waals surface area contributed by atoms with E-state index < -0.39 is 38.8 Å². The fourth-order valence-electron chi connectivity index (χ4n) is 2.57. The molecule has 0 aromatic rings. The number of hydrogen-bond donors (Lipinski definition) is 2. The minimum Gasteiger partial charge on any atom is -0.444 e. The number of nitrogens with zero attached hydrogens (tertiary/aromatic N) is 1. The molecule has 0 saturated carbocycles. The average molecular weight is 362 g/mol. The molecule has 0 aromatic heterocycles. The number of rotatable bonds is 4. The first kappa shape index (κ1) is 21.4. The zero-order valence-electron chi connectivity index (χ0n) is 16.4. The highest BCUT2D eigenvalue weighted by Crippen LogP contribution is 2.39. The molecule has 1 saturated heterocycles. The summed E-state index contributed by atoms with van der Waals surface area (Å²) in [5.74, 6) is 0. The number of amides is 1. The first-order valence-corrected chi connectivity index (χ1v) is 11.6. The number of aliphatic hydroxyl groups excluding tert-OH is 2. The third-order valence-electron chi connectivity index (χ3n) is 4.86. The molecular weight excluding hydrogens is 326 g/mol. The number of hydrogen-bond acceptors (Lipinski definition) is 5. The van der Waals surface area contributed by atoms with E-state index in [0.29, 0.717) is 13.0 Å². The number of carbonyl (C=O) groups is 1. The van der Waals surface area contributed by atoms with Crippen LogP contribution in [0.25, 0.3) is 0 Å². The van der Waals surface area contributed by atoms with Crippen LogP contribution >= 0.6 is 0 Å². The maximum absolute atomic E-state index is 12.5. The van der Waals surface area contributed by atoms with Gasteiger partial charge >= 0.3 is 6.09 Å². The topological polar surface area (TPSA) is 79.2 Å². The third kappa shape index (κ3) is 5.18. The van der Waals surface area contributed by atoms with Crippen LogP contribution in [-0.4, -0.2) is 66.5 Å². The molecule has 1 aliphatic rings. The average Bonchev–Trinajstić information content (AvgIpc) is 2.77. The molecule has 1 fully saturated rings. The van der Waals surface area contributed by atoms with Crippen LogP contribution in [0, 0.1) is 0 Å². The molecule has 0 aliphatic carbocycles. The Bertz CT molecular complexity index is 441. The Morgan fingerprint density at radius 3 is 2.21 bits per heavy atom. The molecule has 3 atom stereocenters. The minimum atomic E-state index is -2.05. The van der Waals surface area contributed by atoms with E-state index in [2.05, 4.69) is 33.9 Å². The van der Waals surface area contributed by atoms with Crippen LogP contribution in [0.3, 0.4) is 0 Å². The van der Waals surface area contributed by atoms with Crippen LogP contribution in [-0.2, 0) is 9.16 Å². The van der Waals surface area contributed by atoms with Crippen molar-refractivity contribution in [1.82, 2.24) is 4.90 Å². The van der Waals surface area contributed by atoms with Crippen LogP contribution in [0.5, 0.6) is 0 Å². The van der Waals surface area contributed by atoms with E-state index in [9.17, 15) is 15.0 Å².